The van der Waals surface area contributed by atoms with Crippen LogP contribution in [0.4, 0.5) is 23.2 Å². The minimum atomic E-state index is -3.01. The van der Waals surface area contributed by atoms with Crippen LogP contribution in [0.2, 0.25) is 0 Å². The zero-order valence-corrected chi connectivity index (χ0v) is 11.6. The second-order valence-electron chi connectivity index (χ2n) is 4.74. The third-order valence-corrected chi connectivity index (χ3v) is 3.43. The van der Waals surface area contributed by atoms with Gasteiger partial charge in [0.05, 0.1) is 18.9 Å². The normalized spacial score (nSPS) is 21.5. The molecule has 1 amide bonds. The van der Waals surface area contributed by atoms with Crippen LogP contribution in [0.3, 0.4) is 0 Å². The first kappa shape index (κ1) is 16.3. The van der Waals surface area contributed by atoms with Crippen LogP contribution < -0.4 is 15.4 Å². The van der Waals surface area contributed by atoms with Crippen molar-refractivity contribution in [2.45, 2.75) is 25.2 Å². The maximum absolute atomic E-state index is 13.8. The van der Waals surface area contributed by atoms with E-state index >= 15 is 0 Å². The number of halogens is 4. The molecule has 0 saturated carbocycles. The fourth-order valence-electron chi connectivity index (χ4n) is 2.52. The Morgan fingerprint density at radius 3 is 2.64 bits per heavy atom. The summed E-state index contributed by atoms with van der Waals surface area (Å²) in [6.07, 6.45) is -1.04. The summed E-state index contributed by atoms with van der Waals surface area (Å²) in [7, 11) is 1.13. The van der Waals surface area contributed by atoms with Gasteiger partial charge in [-0.2, -0.15) is 13.2 Å². The highest BCUT2D eigenvalue weighted by atomic mass is 19.3. The SMILES string of the molecule is COc1c(N2C[C@H](OC(F)F)CC2C(N)=O)ccc(F)c1F. The van der Waals surface area contributed by atoms with Crippen molar-refractivity contribution in [1.82, 2.24) is 0 Å². The van der Waals surface area contributed by atoms with Crippen molar-refractivity contribution in [3.63, 3.8) is 0 Å². The van der Waals surface area contributed by atoms with Gasteiger partial charge in [0.15, 0.2) is 11.6 Å². The number of nitrogens with zero attached hydrogens (tertiary/aromatic N) is 1. The van der Waals surface area contributed by atoms with Crippen molar-refractivity contribution in [2.75, 3.05) is 18.6 Å². The van der Waals surface area contributed by atoms with E-state index in [1.807, 2.05) is 0 Å². The number of ether oxygens (including phenoxy) is 2. The Hall–Kier alpha value is -2.03. The summed E-state index contributed by atoms with van der Waals surface area (Å²) < 4.78 is 60.8. The second-order valence-corrected chi connectivity index (χ2v) is 4.74. The zero-order chi connectivity index (χ0) is 16.4. The summed E-state index contributed by atoms with van der Waals surface area (Å²) in [5.74, 6) is -3.58. The number of carbonyl (C=O) groups is 1. The molecule has 2 atom stereocenters. The van der Waals surface area contributed by atoms with Crippen molar-refractivity contribution in [3.8, 4) is 5.75 Å². The Balaban J connectivity index is 2.37. The molecule has 1 aromatic carbocycles. The van der Waals surface area contributed by atoms with Crippen LogP contribution in [0.25, 0.3) is 0 Å². The number of methoxy groups -OCH3 is 1. The van der Waals surface area contributed by atoms with Gasteiger partial charge in [0, 0.05) is 13.0 Å². The Labute approximate surface area is 123 Å². The number of rotatable bonds is 5. The minimum Gasteiger partial charge on any atom is -0.491 e. The number of benzene rings is 1. The highest BCUT2D eigenvalue weighted by Crippen LogP contribution is 2.37. The van der Waals surface area contributed by atoms with Gasteiger partial charge in [-0.3, -0.25) is 4.79 Å². The predicted octanol–water partition coefficient (Wildman–Crippen LogP) is 1.65. The van der Waals surface area contributed by atoms with Crippen LogP contribution >= 0.6 is 0 Å². The molecule has 1 aromatic rings. The van der Waals surface area contributed by atoms with E-state index in [9.17, 15) is 22.4 Å². The molecule has 0 aliphatic carbocycles. The highest BCUT2D eigenvalue weighted by Gasteiger charge is 2.39. The van der Waals surface area contributed by atoms with E-state index in [4.69, 9.17) is 10.5 Å². The van der Waals surface area contributed by atoms with Crippen molar-refractivity contribution >= 4 is 11.6 Å². The fourth-order valence-corrected chi connectivity index (χ4v) is 2.52. The molecule has 1 unspecified atom stereocenters. The Morgan fingerprint density at radius 2 is 2.09 bits per heavy atom. The highest BCUT2D eigenvalue weighted by molar-refractivity contribution is 5.85. The van der Waals surface area contributed by atoms with Gasteiger partial charge in [0.25, 0.3) is 0 Å². The van der Waals surface area contributed by atoms with Gasteiger partial charge in [-0.1, -0.05) is 0 Å². The molecule has 22 heavy (non-hydrogen) atoms. The largest absolute Gasteiger partial charge is 0.491 e. The zero-order valence-electron chi connectivity index (χ0n) is 11.6. The molecule has 1 fully saturated rings. The fraction of sp³-hybridized carbons (Fsp3) is 0.462. The molecule has 0 radical (unpaired) electrons. The number of primary amides is 1. The minimum absolute atomic E-state index is 0.0468. The van der Waals surface area contributed by atoms with Gasteiger partial charge in [-0.25, -0.2) is 4.39 Å². The van der Waals surface area contributed by atoms with Crippen molar-refractivity contribution in [2.24, 2.45) is 5.73 Å². The lowest BCUT2D eigenvalue weighted by Gasteiger charge is -2.26. The lowest BCUT2D eigenvalue weighted by Crippen LogP contribution is -2.40. The van der Waals surface area contributed by atoms with Gasteiger partial charge in [0.2, 0.25) is 11.7 Å². The first-order valence-electron chi connectivity index (χ1n) is 6.36. The molecule has 9 heteroatoms. The average molecular weight is 322 g/mol. The van der Waals surface area contributed by atoms with E-state index in [0.717, 1.165) is 13.2 Å². The third kappa shape index (κ3) is 3.08. The Kier molecular flexibility index (Phi) is 4.74. The quantitative estimate of drug-likeness (QED) is 0.837. The lowest BCUT2D eigenvalue weighted by molar-refractivity contribution is -0.157. The van der Waals surface area contributed by atoms with Gasteiger partial charge in [0.1, 0.15) is 6.04 Å². The molecule has 0 spiro atoms. The molecule has 122 valence electrons. The van der Waals surface area contributed by atoms with E-state index in [1.54, 1.807) is 0 Å². The molecule has 2 N–H and O–H groups in total. The number of amides is 1. The molecule has 1 heterocycles. The van der Waals surface area contributed by atoms with Gasteiger partial charge in [-0.05, 0) is 12.1 Å². The van der Waals surface area contributed by atoms with Crippen molar-refractivity contribution < 1.29 is 31.8 Å². The second kappa shape index (κ2) is 6.39. The molecule has 1 saturated heterocycles. The lowest BCUT2D eigenvalue weighted by atomic mass is 10.1. The molecular weight excluding hydrogens is 308 g/mol. The first-order valence-corrected chi connectivity index (χ1v) is 6.36. The third-order valence-electron chi connectivity index (χ3n) is 3.43. The van der Waals surface area contributed by atoms with E-state index in [1.165, 1.54) is 11.0 Å². The number of hydrogen-bond donors (Lipinski definition) is 1. The smallest absolute Gasteiger partial charge is 0.345 e. The van der Waals surface area contributed by atoms with Crippen LogP contribution in [-0.2, 0) is 9.53 Å². The number of nitrogens with two attached hydrogens (primary N) is 1. The Bertz CT molecular complexity index is 570. The maximum atomic E-state index is 13.8. The number of hydrogen-bond acceptors (Lipinski definition) is 4. The maximum Gasteiger partial charge on any atom is 0.345 e. The summed E-state index contributed by atoms with van der Waals surface area (Å²) in [5, 5.41) is 0. The summed E-state index contributed by atoms with van der Waals surface area (Å²) in [5.41, 5.74) is 5.29. The van der Waals surface area contributed by atoms with E-state index < -0.39 is 42.0 Å². The molecule has 1 aliphatic rings. The summed E-state index contributed by atoms with van der Waals surface area (Å²) in [4.78, 5) is 12.8. The van der Waals surface area contributed by atoms with E-state index in [2.05, 4.69) is 4.74 Å². The van der Waals surface area contributed by atoms with Crippen LogP contribution in [0.15, 0.2) is 12.1 Å². The summed E-state index contributed by atoms with van der Waals surface area (Å²) in [6, 6.07) is 1.06. The topological polar surface area (TPSA) is 64.8 Å². The van der Waals surface area contributed by atoms with Crippen molar-refractivity contribution in [1.29, 1.82) is 0 Å². The monoisotopic (exact) mass is 322 g/mol. The number of alkyl halides is 2. The van der Waals surface area contributed by atoms with Crippen LogP contribution in [0.5, 0.6) is 5.75 Å². The van der Waals surface area contributed by atoms with Crippen molar-refractivity contribution in [3.05, 3.63) is 23.8 Å². The van der Waals surface area contributed by atoms with Gasteiger partial charge < -0.3 is 20.1 Å². The van der Waals surface area contributed by atoms with Crippen LogP contribution in [0, 0.1) is 11.6 Å². The number of anilines is 1. The van der Waals surface area contributed by atoms with E-state index in [0.29, 0.717) is 0 Å². The summed E-state index contributed by atoms with van der Waals surface area (Å²) >= 11 is 0. The number of carbonyl (C=O) groups excluding carboxylic acids is 1. The Morgan fingerprint density at radius 1 is 1.41 bits per heavy atom. The summed E-state index contributed by atoms with van der Waals surface area (Å²) in [6.45, 7) is -3.13. The first-order chi connectivity index (χ1) is 10.3. The molecule has 0 bridgehead atoms. The van der Waals surface area contributed by atoms with Gasteiger partial charge >= 0.3 is 6.61 Å². The molecule has 5 nitrogen and oxygen atoms in total. The average Bonchev–Trinajstić information content (AvgIpc) is 2.84. The van der Waals surface area contributed by atoms with Crippen LogP contribution in [0.1, 0.15) is 6.42 Å². The predicted molar refractivity (Wildman–Crippen MR) is 68.7 cm³/mol. The standard InChI is InChI=1S/C13H14F4N2O3/c1-21-11-8(3-2-7(14)10(11)15)19-5-6(22-13(16)17)4-9(19)12(18)20/h2-3,6,9,13H,4-5H2,1H3,(H2,18,20)/t6-,9?/m1/s1. The van der Waals surface area contributed by atoms with E-state index in [-0.39, 0.29) is 18.7 Å². The molecule has 2 rings (SSSR count). The molecule has 1 aliphatic heterocycles. The van der Waals surface area contributed by atoms with Gasteiger partial charge in [-0.15, -0.1) is 0 Å². The van der Waals surface area contributed by atoms with Crippen LogP contribution in [-0.4, -0.2) is 38.3 Å². The molecule has 0 aromatic heterocycles. The molecular formula is C13H14F4N2O3.